The predicted molar refractivity (Wildman–Crippen MR) is 81.6 cm³/mol. The first kappa shape index (κ1) is 13.7. The van der Waals surface area contributed by atoms with Gasteiger partial charge in [0.05, 0.1) is 0 Å². The van der Waals surface area contributed by atoms with Crippen LogP contribution >= 0.6 is 0 Å². The summed E-state index contributed by atoms with van der Waals surface area (Å²) in [6.07, 6.45) is 1.01. The quantitative estimate of drug-likeness (QED) is 0.856. The molecule has 2 aromatic carbocycles. The highest BCUT2D eigenvalue weighted by Gasteiger charge is 2.19. The molecule has 0 saturated heterocycles. The lowest BCUT2D eigenvalue weighted by molar-refractivity contribution is 0.350. The smallest absolute Gasteiger partial charge is 0.129 e. The normalized spacial score (nSPS) is 12.8. The maximum Gasteiger partial charge on any atom is 0.129 e. The summed E-state index contributed by atoms with van der Waals surface area (Å²) in [4.78, 5) is 2.20. The maximum atomic E-state index is 14.1. The minimum atomic E-state index is -0.246. The number of nitrogens with zero attached hydrogens (tertiary/aromatic N) is 1. The van der Waals surface area contributed by atoms with Gasteiger partial charge in [-0.05, 0) is 30.2 Å². The van der Waals surface area contributed by atoms with Crippen LogP contribution in [0.5, 0.6) is 0 Å². The lowest BCUT2D eigenvalue weighted by atomic mass is 10.1. The van der Waals surface area contributed by atoms with Crippen LogP contribution in [-0.2, 0) is 13.0 Å². The molecular weight excluding hydrogens is 265 g/mol. The predicted octanol–water partition coefficient (Wildman–Crippen LogP) is 2.73. The Kier molecular flexibility index (Phi) is 3.89. The number of fused-ring (bicyclic) bond motifs is 1. The molecule has 1 aliphatic heterocycles. The first-order valence-corrected chi connectivity index (χ1v) is 6.99. The molecule has 3 rings (SSSR count). The molecule has 0 amide bonds. The van der Waals surface area contributed by atoms with Crippen LogP contribution in [0.1, 0.15) is 16.7 Å². The fourth-order valence-corrected chi connectivity index (χ4v) is 2.67. The fraction of sp³-hybridized carbons (Fsp3) is 0.222. The molecule has 0 spiro atoms. The van der Waals surface area contributed by atoms with E-state index in [1.807, 2.05) is 12.1 Å². The van der Waals surface area contributed by atoms with Crippen LogP contribution in [0.15, 0.2) is 42.5 Å². The monoisotopic (exact) mass is 281 g/mol. The summed E-state index contributed by atoms with van der Waals surface area (Å²) in [5, 5.41) is 8.66. The number of aliphatic hydroxyl groups is 1. The minimum Gasteiger partial charge on any atom is -0.384 e. The topological polar surface area (TPSA) is 23.5 Å². The van der Waals surface area contributed by atoms with Gasteiger partial charge in [0.1, 0.15) is 12.4 Å². The molecule has 106 valence electrons. The van der Waals surface area contributed by atoms with E-state index in [9.17, 15) is 4.39 Å². The lowest BCUT2D eigenvalue weighted by Crippen LogP contribution is -2.20. The van der Waals surface area contributed by atoms with Crippen molar-refractivity contribution in [3.63, 3.8) is 0 Å². The zero-order valence-electron chi connectivity index (χ0n) is 11.6. The number of anilines is 1. The van der Waals surface area contributed by atoms with Gasteiger partial charge in [-0.3, -0.25) is 0 Å². The van der Waals surface area contributed by atoms with E-state index >= 15 is 0 Å². The van der Waals surface area contributed by atoms with Gasteiger partial charge >= 0.3 is 0 Å². The third-order valence-corrected chi connectivity index (χ3v) is 3.71. The van der Waals surface area contributed by atoms with Gasteiger partial charge in [-0.15, -0.1) is 0 Å². The van der Waals surface area contributed by atoms with Crippen LogP contribution in [0.4, 0.5) is 10.1 Å². The SMILES string of the molecule is OCC#Cc1ccc(CN2CCc3ccccc32)c(F)c1. The molecule has 0 atom stereocenters. The van der Waals surface area contributed by atoms with E-state index in [0.717, 1.165) is 13.0 Å². The molecule has 1 aliphatic rings. The molecule has 0 unspecified atom stereocenters. The van der Waals surface area contributed by atoms with Gasteiger partial charge in [0, 0.05) is 29.9 Å². The van der Waals surface area contributed by atoms with Crippen molar-refractivity contribution in [1.82, 2.24) is 0 Å². The van der Waals surface area contributed by atoms with Crippen LogP contribution in [0.25, 0.3) is 0 Å². The van der Waals surface area contributed by atoms with Gasteiger partial charge in [0.2, 0.25) is 0 Å². The van der Waals surface area contributed by atoms with Crippen molar-refractivity contribution in [1.29, 1.82) is 0 Å². The van der Waals surface area contributed by atoms with Gasteiger partial charge in [-0.25, -0.2) is 4.39 Å². The van der Waals surface area contributed by atoms with Crippen molar-refractivity contribution in [2.45, 2.75) is 13.0 Å². The number of rotatable bonds is 2. The van der Waals surface area contributed by atoms with E-state index in [0.29, 0.717) is 17.7 Å². The van der Waals surface area contributed by atoms with Crippen LogP contribution in [0, 0.1) is 17.7 Å². The Labute approximate surface area is 123 Å². The molecule has 2 aromatic rings. The molecular formula is C18H16FNO. The molecule has 0 bridgehead atoms. The highest BCUT2D eigenvalue weighted by Crippen LogP contribution is 2.29. The Bertz CT molecular complexity index is 715. The zero-order chi connectivity index (χ0) is 14.7. The maximum absolute atomic E-state index is 14.1. The largest absolute Gasteiger partial charge is 0.384 e. The number of hydrogen-bond donors (Lipinski definition) is 1. The fourth-order valence-electron chi connectivity index (χ4n) is 2.67. The summed E-state index contributed by atoms with van der Waals surface area (Å²) in [5.74, 6) is 5.00. The number of aliphatic hydroxyl groups excluding tert-OH is 1. The van der Waals surface area contributed by atoms with E-state index < -0.39 is 0 Å². The zero-order valence-corrected chi connectivity index (χ0v) is 11.6. The standard InChI is InChI=1S/C18H16FNO/c19-17-12-14(4-3-11-21)7-8-16(17)13-20-10-9-15-5-1-2-6-18(15)20/h1-2,5-8,12,21H,9-11,13H2. The summed E-state index contributed by atoms with van der Waals surface area (Å²) < 4.78 is 14.1. The van der Waals surface area contributed by atoms with Crippen molar-refractivity contribution in [3.05, 3.63) is 65.0 Å². The average Bonchev–Trinajstić information content (AvgIpc) is 2.91. The number of hydrogen-bond acceptors (Lipinski definition) is 2. The summed E-state index contributed by atoms with van der Waals surface area (Å²) in [6, 6.07) is 13.3. The Hall–Kier alpha value is -2.31. The Morgan fingerprint density at radius 1 is 1.19 bits per heavy atom. The molecule has 0 radical (unpaired) electrons. The second kappa shape index (κ2) is 5.99. The summed E-state index contributed by atoms with van der Waals surface area (Å²) in [6.45, 7) is 1.27. The van der Waals surface area contributed by atoms with Crippen LogP contribution in [0.3, 0.4) is 0 Å². The molecule has 0 aromatic heterocycles. The van der Waals surface area contributed by atoms with E-state index in [1.165, 1.54) is 17.3 Å². The Balaban J connectivity index is 1.80. The van der Waals surface area contributed by atoms with E-state index in [4.69, 9.17) is 5.11 Å². The van der Waals surface area contributed by atoms with Gasteiger partial charge in [0.25, 0.3) is 0 Å². The van der Waals surface area contributed by atoms with E-state index in [2.05, 4.69) is 28.9 Å². The van der Waals surface area contributed by atoms with Crippen molar-refractivity contribution in [2.24, 2.45) is 0 Å². The molecule has 2 nitrogen and oxygen atoms in total. The summed E-state index contributed by atoms with van der Waals surface area (Å²) in [5.41, 5.74) is 3.78. The average molecular weight is 281 g/mol. The van der Waals surface area contributed by atoms with Crippen molar-refractivity contribution < 1.29 is 9.50 Å². The summed E-state index contributed by atoms with van der Waals surface area (Å²) >= 11 is 0. The van der Waals surface area contributed by atoms with Crippen molar-refractivity contribution in [2.75, 3.05) is 18.1 Å². The third kappa shape index (κ3) is 2.91. The molecule has 0 aliphatic carbocycles. The molecule has 0 fully saturated rings. The molecule has 0 saturated carbocycles. The van der Waals surface area contributed by atoms with Gasteiger partial charge in [-0.2, -0.15) is 0 Å². The Morgan fingerprint density at radius 2 is 2.05 bits per heavy atom. The van der Waals surface area contributed by atoms with Gasteiger partial charge in [-0.1, -0.05) is 36.1 Å². The van der Waals surface area contributed by atoms with Crippen LogP contribution in [0.2, 0.25) is 0 Å². The third-order valence-electron chi connectivity index (χ3n) is 3.71. The first-order valence-electron chi connectivity index (χ1n) is 6.99. The van der Waals surface area contributed by atoms with Crippen LogP contribution in [-0.4, -0.2) is 18.3 Å². The van der Waals surface area contributed by atoms with E-state index in [1.54, 1.807) is 12.1 Å². The Morgan fingerprint density at radius 3 is 2.86 bits per heavy atom. The number of halogens is 1. The molecule has 3 heteroatoms. The van der Waals surface area contributed by atoms with Crippen LogP contribution < -0.4 is 4.90 Å². The molecule has 1 N–H and O–H groups in total. The lowest BCUT2D eigenvalue weighted by Gasteiger charge is -2.19. The number of benzene rings is 2. The highest BCUT2D eigenvalue weighted by molar-refractivity contribution is 5.58. The second-order valence-corrected chi connectivity index (χ2v) is 5.07. The van der Waals surface area contributed by atoms with E-state index in [-0.39, 0.29) is 12.4 Å². The second-order valence-electron chi connectivity index (χ2n) is 5.07. The number of para-hydroxylation sites is 1. The van der Waals surface area contributed by atoms with Crippen molar-refractivity contribution >= 4 is 5.69 Å². The summed E-state index contributed by atoms with van der Waals surface area (Å²) in [7, 11) is 0. The van der Waals surface area contributed by atoms with Gasteiger partial charge in [0.15, 0.2) is 0 Å². The van der Waals surface area contributed by atoms with Gasteiger partial charge < -0.3 is 10.0 Å². The van der Waals surface area contributed by atoms with Crippen molar-refractivity contribution in [3.8, 4) is 11.8 Å². The highest BCUT2D eigenvalue weighted by atomic mass is 19.1. The minimum absolute atomic E-state index is 0.214. The first-order chi connectivity index (χ1) is 10.3. The molecule has 1 heterocycles. The molecule has 21 heavy (non-hydrogen) atoms.